The standard InChI is InChI=1S/C12H19BrN4O2/c1-8-10(13)9(16(2)15-8)6-17-5-3-4-12(19,7-17)11(14)18/h19H,3-7H2,1-2H3,(H2,14,18). The van der Waals surface area contributed by atoms with Crippen LogP contribution >= 0.6 is 15.9 Å². The van der Waals surface area contributed by atoms with Crippen molar-refractivity contribution in [1.82, 2.24) is 14.7 Å². The summed E-state index contributed by atoms with van der Waals surface area (Å²) in [4.78, 5) is 13.4. The molecule has 19 heavy (non-hydrogen) atoms. The van der Waals surface area contributed by atoms with Crippen LogP contribution in [0.15, 0.2) is 4.47 Å². The van der Waals surface area contributed by atoms with E-state index >= 15 is 0 Å². The van der Waals surface area contributed by atoms with Crippen LogP contribution in [0.25, 0.3) is 0 Å². The number of likely N-dealkylation sites (tertiary alicyclic amines) is 1. The third-order valence-corrected chi connectivity index (χ3v) is 4.68. The van der Waals surface area contributed by atoms with Crippen LogP contribution in [0.1, 0.15) is 24.2 Å². The van der Waals surface area contributed by atoms with E-state index in [0.29, 0.717) is 13.0 Å². The number of hydrogen-bond acceptors (Lipinski definition) is 4. The van der Waals surface area contributed by atoms with E-state index in [9.17, 15) is 9.90 Å². The summed E-state index contributed by atoms with van der Waals surface area (Å²) in [5, 5.41) is 14.5. The van der Waals surface area contributed by atoms with Crippen molar-refractivity contribution < 1.29 is 9.90 Å². The average Bonchev–Trinajstić information content (AvgIpc) is 2.56. The molecule has 0 aromatic carbocycles. The second-order valence-corrected chi connectivity index (χ2v) is 5.97. The van der Waals surface area contributed by atoms with Crippen LogP contribution in [0.2, 0.25) is 0 Å². The summed E-state index contributed by atoms with van der Waals surface area (Å²) in [6.45, 7) is 3.68. The molecule has 3 N–H and O–H groups in total. The number of hydrogen-bond donors (Lipinski definition) is 2. The highest BCUT2D eigenvalue weighted by Crippen LogP contribution is 2.26. The number of aromatic nitrogens is 2. The van der Waals surface area contributed by atoms with Crippen LogP contribution in [-0.4, -0.2) is 44.4 Å². The number of halogens is 1. The van der Waals surface area contributed by atoms with Gasteiger partial charge in [-0.05, 0) is 42.2 Å². The normalized spacial score (nSPS) is 24.6. The van der Waals surface area contributed by atoms with Crippen molar-refractivity contribution in [1.29, 1.82) is 0 Å². The number of rotatable bonds is 3. The Morgan fingerprint density at radius 3 is 2.84 bits per heavy atom. The zero-order valence-electron chi connectivity index (χ0n) is 11.2. The zero-order chi connectivity index (χ0) is 14.2. The molecule has 1 aliphatic rings. The van der Waals surface area contributed by atoms with Crippen molar-refractivity contribution in [2.24, 2.45) is 12.8 Å². The summed E-state index contributed by atoms with van der Waals surface area (Å²) in [6, 6.07) is 0. The number of aliphatic hydroxyl groups is 1. The predicted octanol–water partition coefficient (Wildman–Crippen LogP) is 0.303. The molecule has 106 valence electrons. The highest BCUT2D eigenvalue weighted by atomic mass is 79.9. The number of carbonyl (C=O) groups excluding carboxylic acids is 1. The second-order valence-electron chi connectivity index (χ2n) is 5.18. The molecular formula is C12H19BrN4O2. The lowest BCUT2D eigenvalue weighted by Crippen LogP contribution is -2.55. The molecule has 1 aromatic rings. The molecule has 0 spiro atoms. The Balaban J connectivity index is 2.13. The monoisotopic (exact) mass is 330 g/mol. The molecule has 1 saturated heterocycles. The lowest BCUT2D eigenvalue weighted by atomic mass is 9.92. The van der Waals surface area contributed by atoms with E-state index in [0.717, 1.165) is 28.8 Å². The molecule has 1 atom stereocenters. The van der Waals surface area contributed by atoms with Crippen LogP contribution in [-0.2, 0) is 18.4 Å². The number of nitrogens with two attached hydrogens (primary N) is 1. The van der Waals surface area contributed by atoms with Gasteiger partial charge in [-0.15, -0.1) is 0 Å². The maximum absolute atomic E-state index is 11.3. The van der Waals surface area contributed by atoms with Crippen molar-refractivity contribution >= 4 is 21.8 Å². The molecule has 1 aliphatic heterocycles. The Bertz CT molecular complexity index is 502. The van der Waals surface area contributed by atoms with Gasteiger partial charge in [0.15, 0.2) is 5.60 Å². The minimum absolute atomic E-state index is 0.277. The van der Waals surface area contributed by atoms with Crippen molar-refractivity contribution in [2.45, 2.75) is 31.9 Å². The fourth-order valence-electron chi connectivity index (χ4n) is 2.52. The smallest absolute Gasteiger partial charge is 0.250 e. The van der Waals surface area contributed by atoms with Gasteiger partial charge in [-0.2, -0.15) is 5.10 Å². The Morgan fingerprint density at radius 1 is 1.63 bits per heavy atom. The van der Waals surface area contributed by atoms with Crippen molar-refractivity contribution in [3.05, 3.63) is 15.9 Å². The molecule has 6 nitrogen and oxygen atoms in total. The predicted molar refractivity (Wildman–Crippen MR) is 74.3 cm³/mol. The van der Waals surface area contributed by atoms with Crippen molar-refractivity contribution in [3.63, 3.8) is 0 Å². The van der Waals surface area contributed by atoms with Gasteiger partial charge in [0.05, 0.1) is 15.9 Å². The van der Waals surface area contributed by atoms with Gasteiger partial charge in [0.2, 0.25) is 0 Å². The number of piperidine rings is 1. The van der Waals surface area contributed by atoms with Gasteiger partial charge in [-0.3, -0.25) is 14.4 Å². The minimum Gasteiger partial charge on any atom is -0.379 e. The molecule has 2 heterocycles. The highest BCUT2D eigenvalue weighted by molar-refractivity contribution is 9.10. The van der Waals surface area contributed by atoms with E-state index in [4.69, 9.17) is 5.73 Å². The fraction of sp³-hybridized carbons (Fsp3) is 0.667. The largest absolute Gasteiger partial charge is 0.379 e. The maximum atomic E-state index is 11.3. The number of amides is 1. The molecule has 1 unspecified atom stereocenters. The Kier molecular flexibility index (Phi) is 3.98. The van der Waals surface area contributed by atoms with E-state index < -0.39 is 11.5 Å². The van der Waals surface area contributed by atoms with Crippen LogP contribution in [0.3, 0.4) is 0 Å². The number of carbonyl (C=O) groups is 1. The summed E-state index contributed by atoms with van der Waals surface area (Å²) in [5.74, 6) is -0.641. The molecule has 1 aromatic heterocycles. The number of nitrogens with zero attached hydrogens (tertiary/aromatic N) is 3. The quantitative estimate of drug-likeness (QED) is 0.835. The third-order valence-electron chi connectivity index (χ3n) is 3.64. The zero-order valence-corrected chi connectivity index (χ0v) is 12.8. The van der Waals surface area contributed by atoms with Crippen molar-refractivity contribution in [2.75, 3.05) is 13.1 Å². The summed E-state index contributed by atoms with van der Waals surface area (Å²) in [7, 11) is 1.89. The van der Waals surface area contributed by atoms with E-state index in [-0.39, 0.29) is 6.54 Å². The SMILES string of the molecule is Cc1nn(C)c(CN2CCCC(O)(C(N)=O)C2)c1Br. The Labute approximate surface area is 120 Å². The van der Waals surface area contributed by atoms with Crippen LogP contribution < -0.4 is 5.73 Å². The second kappa shape index (κ2) is 5.22. The first kappa shape index (κ1) is 14.5. The Hall–Kier alpha value is -0.920. The van der Waals surface area contributed by atoms with E-state index in [1.54, 1.807) is 0 Å². The summed E-state index contributed by atoms with van der Waals surface area (Å²) in [6.07, 6.45) is 1.19. The molecule has 0 saturated carbocycles. The molecule has 0 aliphatic carbocycles. The molecular weight excluding hydrogens is 312 g/mol. The topological polar surface area (TPSA) is 84.4 Å². The maximum Gasteiger partial charge on any atom is 0.250 e. The molecule has 0 radical (unpaired) electrons. The third kappa shape index (κ3) is 2.82. The first-order chi connectivity index (χ1) is 8.83. The highest BCUT2D eigenvalue weighted by Gasteiger charge is 2.38. The lowest BCUT2D eigenvalue weighted by molar-refractivity contribution is -0.142. The molecule has 0 bridgehead atoms. The van der Waals surface area contributed by atoms with Gasteiger partial charge in [-0.25, -0.2) is 0 Å². The van der Waals surface area contributed by atoms with Crippen LogP contribution in [0.5, 0.6) is 0 Å². The van der Waals surface area contributed by atoms with Crippen LogP contribution in [0.4, 0.5) is 0 Å². The van der Waals surface area contributed by atoms with E-state index in [2.05, 4.69) is 21.0 Å². The molecule has 7 heteroatoms. The summed E-state index contributed by atoms with van der Waals surface area (Å²) in [5.41, 5.74) is 5.84. The molecule has 2 rings (SSSR count). The number of β-amino-alcohol motifs (C(OH)–C–C–N with tert-alkyl or cyclic N) is 1. The van der Waals surface area contributed by atoms with Crippen LogP contribution in [0, 0.1) is 6.92 Å². The van der Waals surface area contributed by atoms with E-state index in [1.165, 1.54) is 0 Å². The number of aryl methyl sites for hydroxylation is 2. The molecule has 1 fully saturated rings. The van der Waals surface area contributed by atoms with Gasteiger partial charge in [0.1, 0.15) is 0 Å². The fourth-order valence-corrected chi connectivity index (χ4v) is 2.98. The lowest BCUT2D eigenvalue weighted by Gasteiger charge is -2.37. The molecule has 1 amide bonds. The van der Waals surface area contributed by atoms with Crippen molar-refractivity contribution in [3.8, 4) is 0 Å². The first-order valence-electron chi connectivity index (χ1n) is 6.26. The van der Waals surface area contributed by atoms with Gasteiger partial charge in [0.25, 0.3) is 5.91 Å². The van der Waals surface area contributed by atoms with Gasteiger partial charge in [-0.1, -0.05) is 0 Å². The van der Waals surface area contributed by atoms with E-state index in [1.807, 2.05) is 23.6 Å². The van der Waals surface area contributed by atoms with Gasteiger partial charge in [0, 0.05) is 20.1 Å². The summed E-state index contributed by atoms with van der Waals surface area (Å²) >= 11 is 3.52. The first-order valence-corrected chi connectivity index (χ1v) is 7.05. The van der Waals surface area contributed by atoms with Gasteiger partial charge < -0.3 is 10.8 Å². The number of primary amides is 1. The Morgan fingerprint density at radius 2 is 2.32 bits per heavy atom. The minimum atomic E-state index is -1.40. The summed E-state index contributed by atoms with van der Waals surface area (Å²) < 4.78 is 2.79. The average molecular weight is 331 g/mol. The van der Waals surface area contributed by atoms with Gasteiger partial charge >= 0.3 is 0 Å².